The minimum atomic E-state index is -1.13. The van der Waals surface area contributed by atoms with E-state index in [2.05, 4.69) is 10.3 Å². The normalized spacial score (nSPS) is 18.3. The highest BCUT2D eigenvalue weighted by molar-refractivity contribution is 5.87. The quantitative estimate of drug-likeness (QED) is 0.913. The van der Waals surface area contributed by atoms with Gasteiger partial charge in [-0.3, -0.25) is 4.90 Å². The predicted molar refractivity (Wildman–Crippen MR) is 82.2 cm³/mol. The lowest BCUT2D eigenvalue weighted by molar-refractivity contribution is 0.0215. The van der Waals surface area contributed by atoms with E-state index in [1.54, 1.807) is 9.58 Å². The zero-order chi connectivity index (χ0) is 17.2. The standard InChI is InChI=1S/C15H24N4O4/c1-5-8-19-12(11(13(20)21)16-17-19)10-7-6-9-18(10)14(22)23-15(2,3)4/h10H,5-9H2,1-4H3,(H,20,21). The van der Waals surface area contributed by atoms with Crippen LogP contribution in [0.25, 0.3) is 0 Å². The predicted octanol–water partition coefficient (Wildman–Crippen LogP) is 2.46. The maximum absolute atomic E-state index is 12.4. The second-order valence-electron chi connectivity index (χ2n) is 6.68. The number of carboxylic acid groups (broad SMARTS) is 1. The summed E-state index contributed by atoms with van der Waals surface area (Å²) >= 11 is 0. The van der Waals surface area contributed by atoms with Crippen molar-refractivity contribution < 1.29 is 19.4 Å². The van der Waals surface area contributed by atoms with Crippen molar-refractivity contribution in [2.75, 3.05) is 6.54 Å². The largest absolute Gasteiger partial charge is 0.476 e. The Kier molecular flexibility index (Phi) is 4.91. The Balaban J connectivity index is 2.34. The summed E-state index contributed by atoms with van der Waals surface area (Å²) in [5.74, 6) is -1.13. The zero-order valence-electron chi connectivity index (χ0n) is 14.1. The molecule has 128 valence electrons. The summed E-state index contributed by atoms with van der Waals surface area (Å²) in [7, 11) is 0. The molecule has 8 nitrogen and oxygen atoms in total. The van der Waals surface area contributed by atoms with Gasteiger partial charge in [0, 0.05) is 13.1 Å². The molecule has 1 aromatic rings. The first-order valence-electron chi connectivity index (χ1n) is 7.91. The minimum Gasteiger partial charge on any atom is -0.476 e. The summed E-state index contributed by atoms with van der Waals surface area (Å²) in [5, 5.41) is 17.1. The van der Waals surface area contributed by atoms with Gasteiger partial charge < -0.3 is 9.84 Å². The maximum Gasteiger partial charge on any atom is 0.410 e. The Bertz CT molecular complexity index is 591. The molecule has 8 heteroatoms. The van der Waals surface area contributed by atoms with Crippen molar-refractivity contribution in [1.82, 2.24) is 19.9 Å². The molecule has 2 heterocycles. The van der Waals surface area contributed by atoms with Gasteiger partial charge in [-0.15, -0.1) is 5.10 Å². The van der Waals surface area contributed by atoms with Crippen LogP contribution in [-0.2, 0) is 11.3 Å². The third-order valence-corrected chi connectivity index (χ3v) is 3.61. The van der Waals surface area contributed by atoms with Gasteiger partial charge in [0.1, 0.15) is 5.60 Å². The van der Waals surface area contributed by atoms with Crippen LogP contribution in [0.1, 0.15) is 69.2 Å². The average Bonchev–Trinajstić information content (AvgIpc) is 3.02. The molecule has 0 saturated carbocycles. The average molecular weight is 324 g/mol. The van der Waals surface area contributed by atoms with Gasteiger partial charge in [0.25, 0.3) is 0 Å². The van der Waals surface area contributed by atoms with Crippen LogP contribution in [-0.4, -0.2) is 49.2 Å². The highest BCUT2D eigenvalue weighted by Gasteiger charge is 2.38. The molecule has 0 radical (unpaired) electrons. The highest BCUT2D eigenvalue weighted by atomic mass is 16.6. The molecule has 1 fully saturated rings. The first-order valence-corrected chi connectivity index (χ1v) is 7.91. The molecule has 1 amide bonds. The SMILES string of the molecule is CCCn1nnc(C(=O)O)c1C1CCCN1C(=O)OC(C)(C)C. The Labute approximate surface area is 135 Å². The van der Waals surface area contributed by atoms with E-state index in [9.17, 15) is 14.7 Å². The van der Waals surface area contributed by atoms with Crippen LogP contribution in [0.4, 0.5) is 4.79 Å². The molecule has 1 N–H and O–H groups in total. The number of rotatable bonds is 4. The fraction of sp³-hybridized carbons (Fsp3) is 0.733. The second-order valence-corrected chi connectivity index (χ2v) is 6.68. The van der Waals surface area contributed by atoms with Gasteiger partial charge in [0.05, 0.1) is 11.7 Å². The topological polar surface area (TPSA) is 97.5 Å². The number of ether oxygens (including phenoxy) is 1. The molecule has 1 saturated heterocycles. The molecular formula is C15H24N4O4. The van der Waals surface area contributed by atoms with Gasteiger partial charge in [-0.2, -0.15) is 0 Å². The van der Waals surface area contributed by atoms with Crippen LogP contribution < -0.4 is 0 Å². The van der Waals surface area contributed by atoms with E-state index >= 15 is 0 Å². The summed E-state index contributed by atoms with van der Waals surface area (Å²) < 4.78 is 7.03. The van der Waals surface area contributed by atoms with Crippen molar-refractivity contribution in [3.63, 3.8) is 0 Å². The van der Waals surface area contributed by atoms with E-state index in [4.69, 9.17) is 4.74 Å². The Hall–Kier alpha value is -2.12. The van der Waals surface area contributed by atoms with Crippen LogP contribution in [0.15, 0.2) is 0 Å². The number of aryl methyl sites for hydroxylation is 1. The number of carbonyl (C=O) groups excluding carboxylic acids is 1. The number of nitrogens with zero attached hydrogens (tertiary/aromatic N) is 4. The first-order chi connectivity index (χ1) is 10.7. The Morgan fingerprint density at radius 1 is 1.39 bits per heavy atom. The molecule has 23 heavy (non-hydrogen) atoms. The smallest absolute Gasteiger partial charge is 0.410 e. The first kappa shape index (κ1) is 17.2. The van der Waals surface area contributed by atoms with Gasteiger partial charge in [-0.1, -0.05) is 12.1 Å². The zero-order valence-corrected chi connectivity index (χ0v) is 14.1. The summed E-state index contributed by atoms with van der Waals surface area (Å²) in [4.78, 5) is 25.5. The number of carboxylic acids is 1. The van der Waals surface area contributed by atoms with Crippen LogP contribution >= 0.6 is 0 Å². The van der Waals surface area contributed by atoms with E-state index in [0.717, 1.165) is 12.8 Å². The third-order valence-electron chi connectivity index (χ3n) is 3.61. The van der Waals surface area contributed by atoms with Gasteiger partial charge in [-0.05, 0) is 40.0 Å². The molecule has 0 aliphatic carbocycles. The molecule has 0 spiro atoms. The lowest BCUT2D eigenvalue weighted by atomic mass is 10.1. The van der Waals surface area contributed by atoms with E-state index in [0.29, 0.717) is 25.2 Å². The van der Waals surface area contributed by atoms with Crippen molar-refractivity contribution in [3.05, 3.63) is 11.4 Å². The molecule has 2 rings (SSSR count). The minimum absolute atomic E-state index is 0.0843. The molecular weight excluding hydrogens is 300 g/mol. The lowest BCUT2D eigenvalue weighted by Crippen LogP contribution is -2.37. The van der Waals surface area contributed by atoms with Gasteiger partial charge in [-0.25, -0.2) is 14.3 Å². The molecule has 1 atom stereocenters. The van der Waals surface area contributed by atoms with Crippen molar-refractivity contribution in [2.24, 2.45) is 0 Å². The molecule has 1 aliphatic heterocycles. The van der Waals surface area contributed by atoms with Crippen LogP contribution in [0, 0.1) is 0 Å². The summed E-state index contributed by atoms with van der Waals surface area (Å²) in [6.45, 7) is 8.50. The summed E-state index contributed by atoms with van der Waals surface area (Å²) in [6, 6.07) is -0.363. The van der Waals surface area contributed by atoms with Gasteiger partial charge in [0.15, 0.2) is 5.69 Å². The van der Waals surface area contributed by atoms with E-state index in [-0.39, 0.29) is 11.7 Å². The number of likely N-dealkylation sites (tertiary alicyclic amines) is 1. The Morgan fingerprint density at radius 2 is 2.09 bits per heavy atom. The van der Waals surface area contributed by atoms with E-state index in [1.165, 1.54) is 0 Å². The van der Waals surface area contributed by atoms with Crippen molar-refractivity contribution in [1.29, 1.82) is 0 Å². The summed E-state index contributed by atoms with van der Waals surface area (Å²) in [6.07, 6.45) is 1.84. The third kappa shape index (κ3) is 3.80. The highest BCUT2D eigenvalue weighted by Crippen LogP contribution is 2.34. The fourth-order valence-corrected chi connectivity index (χ4v) is 2.77. The molecule has 0 bridgehead atoms. The number of aromatic nitrogens is 3. The van der Waals surface area contributed by atoms with E-state index < -0.39 is 17.7 Å². The number of hydrogen-bond acceptors (Lipinski definition) is 5. The number of hydrogen-bond donors (Lipinski definition) is 1. The number of amides is 1. The van der Waals surface area contributed by atoms with Crippen LogP contribution in [0.5, 0.6) is 0 Å². The van der Waals surface area contributed by atoms with Gasteiger partial charge in [0.2, 0.25) is 0 Å². The maximum atomic E-state index is 12.4. The lowest BCUT2D eigenvalue weighted by Gasteiger charge is -2.28. The summed E-state index contributed by atoms with van der Waals surface area (Å²) in [5.41, 5.74) is -0.191. The molecule has 1 unspecified atom stereocenters. The van der Waals surface area contributed by atoms with Crippen molar-refractivity contribution >= 4 is 12.1 Å². The molecule has 1 aliphatic rings. The Morgan fingerprint density at radius 3 is 2.65 bits per heavy atom. The van der Waals surface area contributed by atoms with E-state index in [1.807, 2.05) is 27.7 Å². The van der Waals surface area contributed by atoms with Crippen LogP contribution in [0.3, 0.4) is 0 Å². The monoisotopic (exact) mass is 324 g/mol. The molecule has 0 aromatic carbocycles. The molecule has 1 aromatic heterocycles. The van der Waals surface area contributed by atoms with Crippen molar-refractivity contribution in [3.8, 4) is 0 Å². The van der Waals surface area contributed by atoms with Crippen LogP contribution in [0.2, 0.25) is 0 Å². The number of aromatic carboxylic acids is 1. The fourth-order valence-electron chi connectivity index (χ4n) is 2.77. The number of carbonyl (C=O) groups is 2. The second kappa shape index (κ2) is 6.55. The van der Waals surface area contributed by atoms with Crippen molar-refractivity contribution in [2.45, 2.75) is 65.1 Å². The van der Waals surface area contributed by atoms with Gasteiger partial charge >= 0.3 is 12.1 Å².